The molecule has 3 aromatic rings. The fourth-order valence-electron chi connectivity index (χ4n) is 3.02. The third-order valence-electron chi connectivity index (χ3n) is 4.57. The molecule has 0 bridgehead atoms. The summed E-state index contributed by atoms with van der Waals surface area (Å²) in [5, 5.41) is 2.72. The topological polar surface area (TPSA) is 93.7 Å². The van der Waals surface area contributed by atoms with Crippen molar-refractivity contribution in [2.45, 2.75) is 17.9 Å². The molecular weight excluding hydrogens is 454 g/mol. The summed E-state index contributed by atoms with van der Waals surface area (Å²) in [7, 11) is -2.44. The van der Waals surface area contributed by atoms with Gasteiger partial charge in [0.2, 0.25) is 0 Å². The monoisotopic (exact) mass is 476 g/mol. The summed E-state index contributed by atoms with van der Waals surface area (Å²) >= 11 is 0. The first-order chi connectivity index (χ1) is 15.8. The van der Waals surface area contributed by atoms with Crippen molar-refractivity contribution in [3.05, 3.63) is 83.9 Å². The molecule has 3 rings (SSSR count). The van der Waals surface area contributed by atoms with E-state index in [9.17, 15) is 22.0 Å². The van der Waals surface area contributed by atoms with E-state index in [1.165, 1.54) is 37.4 Å². The Kier molecular flexibility index (Phi) is 7.83. The van der Waals surface area contributed by atoms with E-state index in [1.807, 2.05) is 0 Å². The number of carbonyl (C=O) groups is 1. The number of hydrogen-bond acceptors (Lipinski definition) is 5. The lowest BCUT2D eigenvalue weighted by Gasteiger charge is -2.12. The van der Waals surface area contributed by atoms with E-state index in [1.54, 1.807) is 42.5 Å². The molecule has 0 atom stereocenters. The van der Waals surface area contributed by atoms with Gasteiger partial charge in [-0.1, -0.05) is 30.3 Å². The van der Waals surface area contributed by atoms with E-state index in [0.29, 0.717) is 12.0 Å². The van der Waals surface area contributed by atoms with Crippen molar-refractivity contribution in [1.29, 1.82) is 0 Å². The van der Waals surface area contributed by atoms with Crippen molar-refractivity contribution in [3.63, 3.8) is 0 Å². The molecule has 0 unspecified atom stereocenters. The van der Waals surface area contributed by atoms with Crippen LogP contribution in [0.4, 0.5) is 14.5 Å². The number of benzene rings is 3. The summed E-state index contributed by atoms with van der Waals surface area (Å²) in [6.07, 6.45) is 0.357. The molecule has 2 N–H and O–H groups in total. The Labute approximate surface area is 190 Å². The molecule has 0 aliphatic carbocycles. The number of anilines is 1. The standard InChI is InChI=1S/C23H22F2N2O5S/c1-31-20-11-10-16(14-21(20)32-23(24)25)12-13-26-22(28)17-6-5-7-18(15-17)27-33(29,30)19-8-3-2-4-9-19/h2-11,14-15,23,27H,12-13H2,1H3,(H,26,28). The van der Waals surface area contributed by atoms with Crippen LogP contribution >= 0.6 is 0 Å². The van der Waals surface area contributed by atoms with Gasteiger partial charge in [-0.2, -0.15) is 8.78 Å². The largest absolute Gasteiger partial charge is 0.493 e. The quantitative estimate of drug-likeness (QED) is 0.460. The molecule has 0 spiro atoms. The van der Waals surface area contributed by atoms with Gasteiger partial charge in [0.15, 0.2) is 11.5 Å². The van der Waals surface area contributed by atoms with Gasteiger partial charge in [0.25, 0.3) is 15.9 Å². The average Bonchev–Trinajstić information content (AvgIpc) is 2.79. The van der Waals surface area contributed by atoms with Crippen molar-refractivity contribution in [3.8, 4) is 11.5 Å². The summed E-state index contributed by atoms with van der Waals surface area (Å²) < 4.78 is 62.0. The highest BCUT2D eigenvalue weighted by atomic mass is 32.2. The Morgan fingerprint density at radius 3 is 2.42 bits per heavy atom. The van der Waals surface area contributed by atoms with Gasteiger partial charge in [0, 0.05) is 17.8 Å². The molecule has 3 aromatic carbocycles. The van der Waals surface area contributed by atoms with Crippen LogP contribution in [0.2, 0.25) is 0 Å². The minimum atomic E-state index is -3.78. The zero-order valence-electron chi connectivity index (χ0n) is 17.6. The number of nitrogens with one attached hydrogen (secondary N) is 2. The van der Waals surface area contributed by atoms with Crippen molar-refractivity contribution in [2.24, 2.45) is 0 Å². The number of hydrogen-bond donors (Lipinski definition) is 2. The van der Waals surface area contributed by atoms with Crippen LogP contribution < -0.4 is 19.5 Å². The lowest BCUT2D eigenvalue weighted by Crippen LogP contribution is -2.25. The molecule has 0 fully saturated rings. The van der Waals surface area contributed by atoms with Gasteiger partial charge in [-0.3, -0.25) is 9.52 Å². The zero-order valence-corrected chi connectivity index (χ0v) is 18.4. The first-order valence-electron chi connectivity index (χ1n) is 9.86. The fourth-order valence-corrected chi connectivity index (χ4v) is 4.10. The van der Waals surface area contributed by atoms with E-state index < -0.39 is 22.5 Å². The number of halogens is 2. The van der Waals surface area contributed by atoms with Crippen LogP contribution in [0.15, 0.2) is 77.7 Å². The fraction of sp³-hybridized carbons (Fsp3) is 0.174. The van der Waals surface area contributed by atoms with E-state index in [2.05, 4.69) is 14.8 Å². The minimum absolute atomic E-state index is 0.0882. The van der Waals surface area contributed by atoms with Gasteiger partial charge in [0.1, 0.15) is 0 Å². The molecule has 174 valence electrons. The molecule has 0 aromatic heterocycles. The number of alkyl halides is 2. The summed E-state index contributed by atoms with van der Waals surface area (Å²) in [6, 6.07) is 18.6. The van der Waals surface area contributed by atoms with Crippen LogP contribution in [0.1, 0.15) is 15.9 Å². The van der Waals surface area contributed by atoms with Crippen molar-refractivity contribution in [2.75, 3.05) is 18.4 Å². The summed E-state index contributed by atoms with van der Waals surface area (Å²) in [6.45, 7) is -2.76. The molecule has 33 heavy (non-hydrogen) atoms. The van der Waals surface area contributed by atoms with Gasteiger partial charge < -0.3 is 14.8 Å². The second-order valence-electron chi connectivity index (χ2n) is 6.87. The maximum Gasteiger partial charge on any atom is 0.387 e. The molecule has 1 amide bonds. The molecular formula is C23H22F2N2O5S. The predicted octanol–water partition coefficient (Wildman–Crippen LogP) is 4.07. The number of carbonyl (C=O) groups excluding carboxylic acids is 1. The highest BCUT2D eigenvalue weighted by molar-refractivity contribution is 7.92. The number of rotatable bonds is 10. The van der Waals surface area contributed by atoms with Crippen molar-refractivity contribution >= 4 is 21.6 Å². The van der Waals surface area contributed by atoms with Gasteiger partial charge >= 0.3 is 6.61 Å². The van der Waals surface area contributed by atoms with E-state index in [4.69, 9.17) is 4.74 Å². The minimum Gasteiger partial charge on any atom is -0.493 e. The first kappa shape index (κ1) is 24.0. The van der Waals surface area contributed by atoms with E-state index in [-0.39, 0.29) is 34.2 Å². The van der Waals surface area contributed by atoms with Crippen LogP contribution in [0.25, 0.3) is 0 Å². The number of sulfonamides is 1. The normalized spacial score (nSPS) is 11.2. The highest BCUT2D eigenvalue weighted by Crippen LogP contribution is 2.29. The molecule has 0 heterocycles. The van der Waals surface area contributed by atoms with Gasteiger partial charge in [-0.25, -0.2) is 8.42 Å². The van der Waals surface area contributed by atoms with Crippen molar-refractivity contribution < 1.29 is 31.5 Å². The van der Waals surface area contributed by atoms with E-state index >= 15 is 0 Å². The van der Waals surface area contributed by atoms with Gasteiger partial charge in [-0.15, -0.1) is 0 Å². The Morgan fingerprint density at radius 1 is 0.970 bits per heavy atom. The number of amides is 1. The molecule has 0 saturated heterocycles. The third kappa shape index (κ3) is 6.66. The molecule has 0 saturated carbocycles. The number of ether oxygens (including phenoxy) is 2. The summed E-state index contributed by atoms with van der Waals surface area (Å²) in [4.78, 5) is 12.6. The summed E-state index contributed by atoms with van der Waals surface area (Å²) in [5.41, 5.74) is 1.17. The average molecular weight is 477 g/mol. The first-order valence-corrected chi connectivity index (χ1v) is 11.3. The predicted molar refractivity (Wildman–Crippen MR) is 119 cm³/mol. The van der Waals surface area contributed by atoms with Crippen LogP contribution in [-0.4, -0.2) is 34.6 Å². The van der Waals surface area contributed by atoms with Crippen LogP contribution in [0.5, 0.6) is 11.5 Å². The molecule has 7 nitrogen and oxygen atoms in total. The Hall–Kier alpha value is -3.66. The van der Waals surface area contributed by atoms with Crippen molar-refractivity contribution in [1.82, 2.24) is 5.32 Å². The SMILES string of the molecule is COc1ccc(CCNC(=O)c2cccc(NS(=O)(=O)c3ccccc3)c2)cc1OC(F)F. The lowest BCUT2D eigenvalue weighted by atomic mass is 10.1. The smallest absolute Gasteiger partial charge is 0.387 e. The molecule has 0 radical (unpaired) electrons. The number of methoxy groups -OCH3 is 1. The van der Waals surface area contributed by atoms with Gasteiger partial charge in [-0.05, 0) is 54.4 Å². The van der Waals surface area contributed by atoms with E-state index in [0.717, 1.165) is 0 Å². The third-order valence-corrected chi connectivity index (χ3v) is 5.97. The molecule has 0 aliphatic rings. The van der Waals surface area contributed by atoms with Crippen LogP contribution in [-0.2, 0) is 16.4 Å². The maximum atomic E-state index is 12.6. The molecule has 10 heteroatoms. The lowest BCUT2D eigenvalue weighted by molar-refractivity contribution is -0.0512. The van der Waals surface area contributed by atoms with Crippen LogP contribution in [0.3, 0.4) is 0 Å². The maximum absolute atomic E-state index is 12.6. The Morgan fingerprint density at radius 2 is 1.73 bits per heavy atom. The van der Waals surface area contributed by atoms with Crippen LogP contribution in [0, 0.1) is 0 Å². The molecule has 0 aliphatic heterocycles. The Bertz CT molecular complexity index is 1200. The second kappa shape index (κ2) is 10.8. The Balaban J connectivity index is 1.61. The highest BCUT2D eigenvalue weighted by Gasteiger charge is 2.15. The zero-order chi connectivity index (χ0) is 23.8. The van der Waals surface area contributed by atoms with Gasteiger partial charge in [0.05, 0.1) is 12.0 Å². The second-order valence-corrected chi connectivity index (χ2v) is 8.55. The summed E-state index contributed by atoms with van der Waals surface area (Å²) in [5.74, 6) is -0.319.